The van der Waals surface area contributed by atoms with E-state index in [2.05, 4.69) is 35.6 Å². The fourth-order valence-electron chi connectivity index (χ4n) is 1.06. The van der Waals surface area contributed by atoms with Crippen molar-refractivity contribution < 1.29 is 0 Å². The van der Waals surface area contributed by atoms with Crippen LogP contribution in [-0.4, -0.2) is 12.9 Å². The Morgan fingerprint density at radius 3 is 1.75 bits per heavy atom. The van der Waals surface area contributed by atoms with Crippen LogP contribution in [0.3, 0.4) is 0 Å². The number of hydrogen-bond acceptors (Lipinski definition) is 0. The molecule has 0 aromatic rings. The molecule has 0 amide bonds. The van der Waals surface area contributed by atoms with Crippen molar-refractivity contribution in [3.05, 3.63) is 0 Å². The van der Waals surface area contributed by atoms with Crippen LogP contribution in [0.2, 0.25) is 25.2 Å². The lowest BCUT2D eigenvalue weighted by Crippen LogP contribution is -2.20. The van der Waals surface area contributed by atoms with Gasteiger partial charge in [-0.15, -0.1) is 0 Å². The van der Waals surface area contributed by atoms with Crippen molar-refractivity contribution in [1.82, 2.24) is 0 Å². The smallest absolute Gasteiger partial charge is 0.0486 e. The molecular formula is C6H13BrSi. The molecule has 0 heterocycles. The first-order chi connectivity index (χ1) is 3.52. The summed E-state index contributed by atoms with van der Waals surface area (Å²) in [5, 5.41) is 0. The molecule has 0 nitrogen and oxygen atoms in total. The van der Waals surface area contributed by atoms with Crippen molar-refractivity contribution in [3.8, 4) is 0 Å². The van der Waals surface area contributed by atoms with Crippen molar-refractivity contribution >= 4 is 24.0 Å². The molecule has 0 spiro atoms. The van der Waals surface area contributed by atoms with E-state index in [9.17, 15) is 0 Å². The normalized spacial score (nSPS) is 37.5. The fourth-order valence-corrected chi connectivity index (χ4v) is 6.23. The molecule has 1 fully saturated rings. The molecule has 0 N–H and O–H groups in total. The van der Waals surface area contributed by atoms with Crippen LogP contribution in [-0.2, 0) is 0 Å². The minimum Gasteiger partial charge on any atom is -0.0891 e. The van der Waals surface area contributed by atoms with E-state index >= 15 is 0 Å². The van der Waals surface area contributed by atoms with Gasteiger partial charge in [-0.1, -0.05) is 35.6 Å². The average Bonchev–Trinajstić information content (AvgIpc) is 2.13. The molecule has 0 aromatic carbocycles. The summed E-state index contributed by atoms with van der Waals surface area (Å²) in [5.41, 5.74) is 1.07. The Kier molecular flexibility index (Phi) is 1.57. The Hall–Kier alpha value is 0.697. The zero-order valence-electron chi connectivity index (χ0n) is 5.74. The first-order valence-corrected chi connectivity index (χ1v) is 7.65. The minimum atomic E-state index is -0.733. The van der Waals surface area contributed by atoms with Gasteiger partial charge in [0.1, 0.15) is 0 Å². The molecule has 2 atom stereocenters. The molecule has 8 heavy (non-hydrogen) atoms. The number of halogens is 1. The van der Waals surface area contributed by atoms with Gasteiger partial charge in [-0.3, -0.25) is 0 Å². The Balaban J connectivity index is 2.39. The van der Waals surface area contributed by atoms with Gasteiger partial charge in [-0.2, -0.15) is 0 Å². The molecule has 0 saturated heterocycles. The average molecular weight is 193 g/mol. The van der Waals surface area contributed by atoms with Gasteiger partial charge >= 0.3 is 0 Å². The highest BCUT2D eigenvalue weighted by Gasteiger charge is 2.44. The van der Waals surface area contributed by atoms with Gasteiger partial charge in [0.25, 0.3) is 0 Å². The second kappa shape index (κ2) is 1.84. The summed E-state index contributed by atoms with van der Waals surface area (Å²) in [4.78, 5) is 0.883. The van der Waals surface area contributed by atoms with Crippen LogP contribution in [0.15, 0.2) is 0 Å². The van der Waals surface area contributed by atoms with Crippen molar-refractivity contribution in [2.75, 3.05) is 0 Å². The zero-order chi connectivity index (χ0) is 6.36. The first kappa shape index (κ1) is 6.81. The van der Waals surface area contributed by atoms with E-state index in [0.29, 0.717) is 0 Å². The predicted molar refractivity (Wildman–Crippen MR) is 44.4 cm³/mol. The van der Waals surface area contributed by atoms with Gasteiger partial charge < -0.3 is 0 Å². The summed E-state index contributed by atoms with van der Waals surface area (Å²) in [6.07, 6.45) is 1.44. The summed E-state index contributed by atoms with van der Waals surface area (Å²) in [6.45, 7) is 7.33. The highest BCUT2D eigenvalue weighted by molar-refractivity contribution is 9.09. The van der Waals surface area contributed by atoms with Gasteiger partial charge in [0.05, 0.1) is 0 Å². The lowest BCUT2D eigenvalue weighted by atomic mass is 11.0. The maximum Gasteiger partial charge on any atom is 0.0486 e. The number of rotatable bonds is 1. The van der Waals surface area contributed by atoms with E-state index in [1.54, 1.807) is 0 Å². The predicted octanol–water partition coefficient (Wildman–Crippen LogP) is 2.86. The van der Waals surface area contributed by atoms with Crippen LogP contribution < -0.4 is 0 Å². The molecule has 0 unspecified atom stereocenters. The lowest BCUT2D eigenvalue weighted by Gasteiger charge is -2.13. The van der Waals surface area contributed by atoms with Gasteiger partial charge in [-0.25, -0.2) is 0 Å². The molecule has 48 valence electrons. The van der Waals surface area contributed by atoms with Crippen molar-refractivity contribution in [2.24, 2.45) is 0 Å². The number of hydrogen-bond donors (Lipinski definition) is 0. The molecule has 2 heteroatoms. The van der Waals surface area contributed by atoms with Crippen molar-refractivity contribution in [1.29, 1.82) is 0 Å². The molecule has 0 aromatic heterocycles. The summed E-state index contributed by atoms with van der Waals surface area (Å²) in [6, 6.07) is 0. The maximum atomic E-state index is 3.62. The fraction of sp³-hybridized carbons (Fsp3) is 1.00. The first-order valence-electron chi connectivity index (χ1n) is 3.16. The van der Waals surface area contributed by atoms with Crippen LogP contribution in [0.25, 0.3) is 0 Å². The molecule has 1 rings (SSSR count). The SMILES string of the molecule is C[Si](C)(C)[C@@H]1C[C@H]1Br. The van der Waals surface area contributed by atoms with Crippen LogP contribution >= 0.6 is 15.9 Å². The van der Waals surface area contributed by atoms with Crippen LogP contribution in [0.4, 0.5) is 0 Å². The van der Waals surface area contributed by atoms with Crippen molar-refractivity contribution in [3.63, 3.8) is 0 Å². The Morgan fingerprint density at radius 1 is 1.38 bits per heavy atom. The van der Waals surface area contributed by atoms with Gasteiger partial charge in [0, 0.05) is 12.9 Å². The standard InChI is InChI=1S/C6H13BrSi/c1-8(2,3)6-4-5(6)7/h5-6H,4H2,1-3H3/t5-,6-/m1/s1. The van der Waals surface area contributed by atoms with E-state index in [-0.39, 0.29) is 0 Å². The van der Waals surface area contributed by atoms with Crippen LogP contribution in [0.1, 0.15) is 6.42 Å². The summed E-state index contributed by atoms with van der Waals surface area (Å²) >= 11 is 3.62. The highest BCUT2D eigenvalue weighted by Crippen LogP contribution is 2.50. The molecule has 1 saturated carbocycles. The molecule has 0 radical (unpaired) electrons. The molecular weight excluding hydrogens is 180 g/mol. The third kappa shape index (κ3) is 1.35. The van der Waals surface area contributed by atoms with Gasteiger partial charge in [0.15, 0.2) is 0 Å². The van der Waals surface area contributed by atoms with E-state index in [0.717, 1.165) is 10.4 Å². The molecule has 0 aliphatic heterocycles. The summed E-state index contributed by atoms with van der Waals surface area (Å²) in [7, 11) is -0.733. The van der Waals surface area contributed by atoms with E-state index in [4.69, 9.17) is 0 Å². The van der Waals surface area contributed by atoms with E-state index < -0.39 is 8.07 Å². The van der Waals surface area contributed by atoms with Gasteiger partial charge in [0.2, 0.25) is 0 Å². The lowest BCUT2D eigenvalue weighted by molar-refractivity contribution is 1.34. The van der Waals surface area contributed by atoms with E-state index in [1.807, 2.05) is 0 Å². The molecule has 0 bridgehead atoms. The maximum absolute atomic E-state index is 3.62. The third-order valence-corrected chi connectivity index (χ3v) is 6.19. The molecule has 1 aliphatic rings. The van der Waals surface area contributed by atoms with Gasteiger partial charge in [-0.05, 0) is 12.0 Å². The summed E-state index contributed by atoms with van der Waals surface area (Å²) in [5.74, 6) is 0. The topological polar surface area (TPSA) is 0 Å². The quantitative estimate of drug-likeness (QED) is 0.443. The Labute approximate surface area is 60.8 Å². The van der Waals surface area contributed by atoms with Crippen molar-refractivity contribution in [2.45, 2.75) is 36.4 Å². The highest BCUT2D eigenvalue weighted by atomic mass is 79.9. The second-order valence-electron chi connectivity index (χ2n) is 3.72. The monoisotopic (exact) mass is 192 g/mol. The minimum absolute atomic E-state index is 0.733. The Morgan fingerprint density at radius 2 is 1.75 bits per heavy atom. The zero-order valence-corrected chi connectivity index (χ0v) is 8.33. The Bertz CT molecular complexity index is 95.2. The third-order valence-electron chi connectivity index (χ3n) is 1.82. The summed E-state index contributed by atoms with van der Waals surface area (Å²) < 4.78 is 0. The van der Waals surface area contributed by atoms with Crippen LogP contribution in [0.5, 0.6) is 0 Å². The second-order valence-corrected chi connectivity index (χ2v) is 10.4. The van der Waals surface area contributed by atoms with Crippen LogP contribution in [0, 0.1) is 0 Å². The molecule has 1 aliphatic carbocycles. The largest absolute Gasteiger partial charge is 0.0891 e. The van der Waals surface area contributed by atoms with E-state index in [1.165, 1.54) is 6.42 Å². The number of alkyl halides is 1.